The third-order valence-corrected chi connectivity index (χ3v) is 12.3. The minimum atomic E-state index is -0.849. The lowest BCUT2D eigenvalue weighted by Gasteiger charge is -2.20. The highest BCUT2D eigenvalue weighted by atomic mass is 16.5. The summed E-state index contributed by atoms with van der Waals surface area (Å²) in [7, 11) is 0. The van der Waals surface area contributed by atoms with Crippen molar-refractivity contribution in [2.24, 2.45) is 0 Å². The predicted molar refractivity (Wildman–Crippen MR) is 255 cm³/mol. The predicted octanol–water partition coefficient (Wildman–Crippen LogP) is 15.7. The van der Waals surface area contributed by atoms with E-state index in [1.54, 1.807) is 6.08 Å². The zero-order chi connectivity index (χ0) is 43.0. The first-order valence-corrected chi connectivity index (χ1v) is 26.5. The lowest BCUT2D eigenvalue weighted by atomic mass is 10.0. The molecule has 0 rings (SSSR count). The molecule has 0 saturated heterocycles. The molecular weight excluding hydrogens is 731 g/mol. The molecule has 2 unspecified atom stereocenters. The van der Waals surface area contributed by atoms with Crippen molar-refractivity contribution >= 4 is 11.9 Å². The molecule has 0 spiro atoms. The fraction of sp³-hybridized carbons (Fsp3) is 0.925. The minimum Gasteiger partial charge on any atom is -0.466 e. The highest BCUT2D eigenvalue weighted by Gasteiger charge is 2.18. The average Bonchev–Trinajstić information content (AvgIpc) is 3.24. The topological polar surface area (TPSA) is 95.9 Å². The number of hydrogen-bond acceptors (Lipinski definition) is 5. The summed E-state index contributed by atoms with van der Waals surface area (Å²) >= 11 is 0. The van der Waals surface area contributed by atoms with Gasteiger partial charge in [0.05, 0.1) is 25.4 Å². The molecule has 2 atom stereocenters. The molecule has 0 aliphatic rings. The van der Waals surface area contributed by atoms with Gasteiger partial charge in [0.25, 0.3) is 0 Å². The van der Waals surface area contributed by atoms with E-state index in [9.17, 15) is 19.8 Å². The molecule has 6 nitrogen and oxygen atoms in total. The Morgan fingerprint density at radius 1 is 0.458 bits per heavy atom. The van der Waals surface area contributed by atoms with Crippen molar-refractivity contribution in [3.05, 3.63) is 12.2 Å². The van der Waals surface area contributed by atoms with E-state index in [2.05, 4.69) is 19.2 Å². The Kier molecular flexibility index (Phi) is 48.1. The summed E-state index contributed by atoms with van der Waals surface area (Å²) < 4.78 is 5.47. The van der Waals surface area contributed by atoms with Gasteiger partial charge in [-0.15, -0.1) is 0 Å². The summed E-state index contributed by atoms with van der Waals surface area (Å²) in [5, 5.41) is 23.0. The van der Waals surface area contributed by atoms with Crippen LogP contribution in [0, 0.1) is 0 Å². The number of esters is 1. The van der Waals surface area contributed by atoms with Crippen LogP contribution >= 0.6 is 0 Å². The number of unbranched alkanes of at least 4 members (excludes halogenated alkanes) is 38. The molecule has 1 amide bonds. The maximum Gasteiger partial charge on any atom is 0.305 e. The molecule has 350 valence electrons. The lowest BCUT2D eigenvalue weighted by molar-refractivity contribution is -0.143. The Morgan fingerprint density at radius 3 is 1.15 bits per heavy atom. The Hall–Kier alpha value is -1.40. The molecule has 0 aliphatic heterocycles. The van der Waals surface area contributed by atoms with Crippen molar-refractivity contribution in [1.82, 2.24) is 5.32 Å². The van der Waals surface area contributed by atoms with Crippen molar-refractivity contribution in [3.8, 4) is 0 Å². The standard InChI is InChI=1S/C53H103NO5/c1-3-5-7-9-11-13-15-17-18-19-23-27-31-35-39-43-47-53(58)59-48-44-40-36-32-28-24-21-20-22-26-30-34-38-42-46-52(57)54-50(49-55)51(56)45-41-37-33-29-25-16-14-12-10-8-6-4-2/h41,45,50-51,55-56H,3-40,42-44,46-49H2,1-2H3,(H,54,57)/b45-41+. The van der Waals surface area contributed by atoms with Crippen LogP contribution in [0.15, 0.2) is 12.2 Å². The Labute approximate surface area is 368 Å². The Bertz CT molecular complexity index is 878. The van der Waals surface area contributed by atoms with Gasteiger partial charge in [-0.2, -0.15) is 0 Å². The van der Waals surface area contributed by atoms with Gasteiger partial charge in [-0.1, -0.05) is 257 Å². The van der Waals surface area contributed by atoms with E-state index in [1.807, 2.05) is 6.08 Å². The fourth-order valence-corrected chi connectivity index (χ4v) is 8.22. The van der Waals surface area contributed by atoms with E-state index >= 15 is 0 Å². The summed E-state index contributed by atoms with van der Waals surface area (Å²) in [5.74, 6) is -0.0782. The van der Waals surface area contributed by atoms with E-state index < -0.39 is 12.1 Å². The molecule has 0 aliphatic carbocycles. The Balaban J connectivity index is 3.43. The Morgan fingerprint density at radius 2 is 0.780 bits per heavy atom. The van der Waals surface area contributed by atoms with Crippen LogP contribution in [0.25, 0.3) is 0 Å². The van der Waals surface area contributed by atoms with Crippen molar-refractivity contribution in [1.29, 1.82) is 0 Å². The molecular formula is C53H103NO5. The molecule has 0 aromatic heterocycles. The molecule has 0 radical (unpaired) electrons. The maximum atomic E-state index is 12.4. The third kappa shape index (κ3) is 45.9. The lowest BCUT2D eigenvalue weighted by Crippen LogP contribution is -2.45. The van der Waals surface area contributed by atoms with E-state index in [-0.39, 0.29) is 18.5 Å². The normalized spacial score (nSPS) is 12.7. The van der Waals surface area contributed by atoms with Crippen LogP contribution in [-0.4, -0.2) is 47.4 Å². The van der Waals surface area contributed by atoms with Gasteiger partial charge < -0.3 is 20.3 Å². The van der Waals surface area contributed by atoms with Gasteiger partial charge in [-0.05, 0) is 32.1 Å². The molecule has 59 heavy (non-hydrogen) atoms. The molecule has 6 heteroatoms. The average molecular weight is 834 g/mol. The van der Waals surface area contributed by atoms with E-state index in [1.165, 1.54) is 205 Å². The summed E-state index contributed by atoms with van der Waals surface area (Å²) in [6.07, 6.45) is 56.4. The van der Waals surface area contributed by atoms with Gasteiger partial charge in [0, 0.05) is 12.8 Å². The zero-order valence-corrected chi connectivity index (χ0v) is 39.7. The third-order valence-electron chi connectivity index (χ3n) is 12.3. The summed E-state index contributed by atoms with van der Waals surface area (Å²) in [5.41, 5.74) is 0. The number of hydrogen-bond donors (Lipinski definition) is 3. The molecule has 0 bridgehead atoms. The first kappa shape index (κ1) is 57.6. The second kappa shape index (κ2) is 49.3. The van der Waals surface area contributed by atoms with E-state index in [0.717, 1.165) is 57.8 Å². The van der Waals surface area contributed by atoms with Crippen LogP contribution in [0.5, 0.6) is 0 Å². The van der Waals surface area contributed by atoms with Crippen LogP contribution in [0.1, 0.15) is 290 Å². The second-order valence-electron chi connectivity index (χ2n) is 18.2. The largest absolute Gasteiger partial charge is 0.466 e. The fourth-order valence-electron chi connectivity index (χ4n) is 8.22. The van der Waals surface area contributed by atoms with Crippen molar-refractivity contribution in [2.75, 3.05) is 13.2 Å². The highest BCUT2D eigenvalue weighted by molar-refractivity contribution is 5.76. The van der Waals surface area contributed by atoms with E-state index in [4.69, 9.17) is 4.74 Å². The first-order valence-electron chi connectivity index (χ1n) is 26.5. The highest BCUT2D eigenvalue weighted by Crippen LogP contribution is 2.17. The molecule has 0 fully saturated rings. The van der Waals surface area contributed by atoms with Gasteiger partial charge >= 0.3 is 5.97 Å². The minimum absolute atomic E-state index is 0.00000472. The molecule has 0 aromatic rings. The monoisotopic (exact) mass is 834 g/mol. The number of rotatable bonds is 49. The van der Waals surface area contributed by atoms with Gasteiger partial charge in [-0.25, -0.2) is 0 Å². The van der Waals surface area contributed by atoms with E-state index in [0.29, 0.717) is 19.4 Å². The number of allylic oxidation sites excluding steroid dienone is 1. The molecule has 0 heterocycles. The number of nitrogens with one attached hydrogen (secondary N) is 1. The second-order valence-corrected chi connectivity index (χ2v) is 18.2. The quantitative estimate of drug-likeness (QED) is 0.0322. The molecule has 0 aromatic carbocycles. The number of carbonyl (C=O) groups is 2. The van der Waals surface area contributed by atoms with Crippen LogP contribution in [0.2, 0.25) is 0 Å². The smallest absolute Gasteiger partial charge is 0.305 e. The summed E-state index contributed by atoms with van der Waals surface area (Å²) in [6.45, 7) is 4.88. The zero-order valence-electron chi connectivity index (χ0n) is 39.7. The molecule has 3 N–H and O–H groups in total. The van der Waals surface area contributed by atoms with Gasteiger partial charge in [0.2, 0.25) is 5.91 Å². The first-order chi connectivity index (χ1) is 29.0. The van der Waals surface area contributed by atoms with Crippen LogP contribution in [-0.2, 0) is 14.3 Å². The number of ether oxygens (including phenoxy) is 1. The van der Waals surface area contributed by atoms with Crippen molar-refractivity contribution in [3.63, 3.8) is 0 Å². The number of aliphatic hydroxyl groups is 2. The summed E-state index contributed by atoms with van der Waals surface area (Å²) in [6, 6.07) is -0.633. The SMILES string of the molecule is CCCCCCCCCCCC/C=C/C(O)C(CO)NC(=O)CCCCCCCCCCCCCCCCOC(=O)CCCCCCCCCCCCCCCCCC. The van der Waals surface area contributed by atoms with Gasteiger partial charge in [-0.3, -0.25) is 9.59 Å². The van der Waals surface area contributed by atoms with Gasteiger partial charge in [0.1, 0.15) is 0 Å². The number of amides is 1. The van der Waals surface area contributed by atoms with Gasteiger partial charge in [0.15, 0.2) is 0 Å². The van der Waals surface area contributed by atoms with Crippen LogP contribution in [0.4, 0.5) is 0 Å². The summed E-state index contributed by atoms with van der Waals surface area (Å²) in [4.78, 5) is 24.5. The molecule has 0 saturated carbocycles. The number of aliphatic hydroxyl groups excluding tert-OH is 2. The maximum absolute atomic E-state index is 12.4. The van der Waals surface area contributed by atoms with Crippen molar-refractivity contribution < 1.29 is 24.5 Å². The van der Waals surface area contributed by atoms with Crippen molar-refractivity contribution in [2.45, 2.75) is 302 Å². The van der Waals surface area contributed by atoms with Crippen LogP contribution in [0.3, 0.4) is 0 Å². The number of carbonyl (C=O) groups excluding carboxylic acids is 2. The van der Waals surface area contributed by atoms with Crippen LogP contribution < -0.4 is 5.32 Å².